The molecule has 0 amide bonds. The Hall–Kier alpha value is -9.59. The Kier molecular flexibility index (Phi) is 11.0. The molecule has 352 valence electrons. The van der Waals surface area contributed by atoms with Gasteiger partial charge in [-0.3, -0.25) is 0 Å². The Bertz CT molecular complexity index is 3130. The average Bonchev–Trinajstić information content (AvgIpc) is 3.34. The van der Waals surface area contributed by atoms with Gasteiger partial charge in [0.2, 0.25) is 12.4 Å². The highest BCUT2D eigenvalue weighted by molar-refractivity contribution is 5.94. The Morgan fingerprint density at radius 3 is 0.985 bits per heavy atom. The molecular weight excluding hydrogens is 908 g/mol. The van der Waals surface area contributed by atoms with Crippen LogP contribution in [0.15, 0.2) is 60.5 Å². The normalized spacial score (nSPS) is 18.7. The molecule has 0 bridgehead atoms. The summed E-state index contributed by atoms with van der Waals surface area (Å²) in [5.74, 6) is -29.7. The summed E-state index contributed by atoms with van der Waals surface area (Å²) < 4.78 is 73.5. The number of benzene rings is 5. The van der Waals surface area contributed by atoms with E-state index in [1.54, 1.807) is 0 Å². The molecule has 0 saturated carbocycles. The fourth-order valence-electron chi connectivity index (χ4n) is 5.77. The zero-order valence-electron chi connectivity index (χ0n) is 37.7. The third kappa shape index (κ3) is 9.67. The molecule has 5 atom stereocenters. The maximum Gasteiger partial charge on any atom is 0.340 e. The van der Waals surface area contributed by atoms with Crippen LogP contribution in [0.3, 0.4) is 0 Å². The van der Waals surface area contributed by atoms with Gasteiger partial charge in [-0.05, 0) is 60.5 Å². The molecule has 1 saturated heterocycles. The van der Waals surface area contributed by atoms with Crippen molar-refractivity contribution < 1.29 is 136 Å². The molecule has 26 nitrogen and oxygen atoms in total. The van der Waals surface area contributed by atoms with E-state index in [9.17, 15) is 101 Å². The highest BCUT2D eigenvalue weighted by atomic mass is 16.7. The molecule has 5 aromatic carbocycles. The maximum atomic E-state index is 14.1. The summed E-state index contributed by atoms with van der Waals surface area (Å²) in [5.41, 5.74) is -5.79. The van der Waals surface area contributed by atoms with Gasteiger partial charge in [-0.15, -0.1) is 0 Å². The lowest BCUT2D eigenvalue weighted by molar-refractivity contribution is -0.282. The molecule has 0 spiro atoms. The second-order valence-corrected chi connectivity index (χ2v) is 13.5. The second-order valence-electron chi connectivity index (χ2n) is 13.5. The Morgan fingerprint density at radius 2 is 0.657 bits per heavy atom. The number of phenols is 15. The Morgan fingerprint density at radius 1 is 0.388 bits per heavy atom. The van der Waals surface area contributed by atoms with E-state index in [1.807, 2.05) is 0 Å². The summed E-state index contributed by atoms with van der Waals surface area (Å²) in [7, 11) is 0. The molecule has 0 radical (unpaired) electrons. The fraction of sp³-hybridized carbons (Fsp3) is 0.146. The molecule has 1 unspecified atom stereocenters. The van der Waals surface area contributed by atoms with Crippen LogP contribution in [-0.4, -0.2) is 144 Å². The van der Waals surface area contributed by atoms with Crippen LogP contribution < -0.4 is 0 Å². The standard InChI is InChI=1S/C41H32O26/c42-17-1-12(2-18(43)28(17)52)36(57)62-11-27-33(64-37(58)13-3-19(44)29(53)20(45)4-13)34(65-38(59)14-5-21(46)30(54)22(47)6-14)35(66-39(60)15-7-23(48)31(55)24(49)8-15)41(63-27)67-40(61)16-9-25(50)32(56)26(51)10-16/h1-10,27,33-35,41-56H,11H2/t27-,33-,34+,35-,41?/m1/s1/i1D,3D,5D,7D,9D. The number of hydrogen-bond acceptors (Lipinski definition) is 26. The van der Waals surface area contributed by atoms with Crippen molar-refractivity contribution in [2.45, 2.75) is 30.7 Å². The minimum atomic E-state index is -2.85. The molecule has 1 aliphatic heterocycles. The summed E-state index contributed by atoms with van der Waals surface area (Å²) in [6, 6.07) is -4.75. The van der Waals surface area contributed by atoms with E-state index in [4.69, 9.17) is 35.3 Å². The third-order valence-corrected chi connectivity index (χ3v) is 9.03. The number of carbonyl (C=O) groups is 5. The van der Waals surface area contributed by atoms with Crippen molar-refractivity contribution in [3.63, 3.8) is 0 Å². The van der Waals surface area contributed by atoms with Crippen LogP contribution in [0.25, 0.3) is 0 Å². The zero-order chi connectivity index (χ0) is 53.7. The van der Waals surface area contributed by atoms with Gasteiger partial charge in [0.1, 0.15) is 12.7 Å². The van der Waals surface area contributed by atoms with Crippen molar-refractivity contribution in [2.75, 3.05) is 6.61 Å². The van der Waals surface area contributed by atoms with Crippen LogP contribution in [0.5, 0.6) is 86.2 Å². The van der Waals surface area contributed by atoms with Crippen LogP contribution in [0.4, 0.5) is 0 Å². The quantitative estimate of drug-likeness (QED) is 0.0509. The summed E-state index contributed by atoms with van der Waals surface area (Å²) in [4.78, 5) is 69.4. The fourth-order valence-corrected chi connectivity index (χ4v) is 5.77. The highest BCUT2D eigenvalue weighted by Crippen LogP contribution is 2.41. The van der Waals surface area contributed by atoms with Crippen molar-refractivity contribution in [3.05, 3.63) is 88.4 Å². The summed E-state index contributed by atoms with van der Waals surface area (Å²) in [5, 5.41) is 152. The van der Waals surface area contributed by atoms with Gasteiger partial charge >= 0.3 is 29.8 Å². The van der Waals surface area contributed by atoms with Crippen molar-refractivity contribution >= 4 is 29.8 Å². The first-order valence-electron chi connectivity index (χ1n) is 20.5. The van der Waals surface area contributed by atoms with Crippen LogP contribution in [0.1, 0.15) is 58.6 Å². The predicted octanol–water partition coefficient (Wildman–Crippen LogP) is 1.69. The molecule has 67 heavy (non-hydrogen) atoms. The number of hydrogen-bond donors (Lipinski definition) is 15. The zero-order valence-corrected chi connectivity index (χ0v) is 32.7. The molecule has 1 aliphatic rings. The SMILES string of the molecule is [2H]c1c(C(=O)OC[C@H]2OC(OC(=O)c3cc(O)c(O)c(O)c3[2H])[C@H](OC(=O)c3cc(O)c(O)c(O)c3[2H])[C@@H](OC(=O)c3cc(O)c(O)c(O)c3[2H])[C@@H]2OC(=O)c2cc(O)c(O)c(O)c2[2H])cc(O)c(O)c1O. The molecule has 6 rings (SSSR count). The van der Waals surface area contributed by atoms with Crippen LogP contribution >= 0.6 is 0 Å². The summed E-state index contributed by atoms with van der Waals surface area (Å²) >= 11 is 0. The molecule has 1 fully saturated rings. The lowest BCUT2D eigenvalue weighted by atomic mass is 9.97. The summed E-state index contributed by atoms with van der Waals surface area (Å²) in [6.07, 6.45) is -13.7. The van der Waals surface area contributed by atoms with Crippen molar-refractivity contribution in [2.24, 2.45) is 0 Å². The number of aromatic hydroxyl groups is 15. The largest absolute Gasteiger partial charge is 0.504 e. The molecule has 15 N–H and O–H groups in total. The average molecular weight is 946 g/mol. The van der Waals surface area contributed by atoms with E-state index >= 15 is 0 Å². The van der Waals surface area contributed by atoms with Gasteiger partial charge in [-0.2, -0.15) is 0 Å². The molecule has 0 aromatic heterocycles. The Labute approximate surface area is 377 Å². The van der Waals surface area contributed by atoms with Crippen molar-refractivity contribution in [1.82, 2.24) is 0 Å². The van der Waals surface area contributed by atoms with E-state index in [0.717, 1.165) is 0 Å². The number of ether oxygens (including phenoxy) is 6. The number of esters is 5. The van der Waals surface area contributed by atoms with Gasteiger partial charge in [-0.25, -0.2) is 24.0 Å². The lowest BCUT2D eigenvalue weighted by Crippen LogP contribution is -2.63. The van der Waals surface area contributed by atoms with Gasteiger partial charge in [0.05, 0.1) is 34.7 Å². The third-order valence-electron chi connectivity index (χ3n) is 9.03. The Balaban J connectivity index is 1.59. The van der Waals surface area contributed by atoms with Crippen LogP contribution in [-0.2, 0) is 28.4 Å². The number of phenolic OH excluding ortho intramolecular Hbond substituents is 15. The molecular formula is C41H32O26. The van der Waals surface area contributed by atoms with Gasteiger partial charge < -0.3 is 105 Å². The highest BCUT2D eigenvalue weighted by Gasteiger charge is 2.55. The second kappa shape index (κ2) is 18.3. The minimum absolute atomic E-state index is 0.307. The molecule has 1 heterocycles. The van der Waals surface area contributed by atoms with E-state index < -0.39 is 211 Å². The molecule has 26 heteroatoms. The minimum Gasteiger partial charge on any atom is -0.504 e. The van der Waals surface area contributed by atoms with E-state index in [2.05, 4.69) is 0 Å². The predicted molar refractivity (Wildman–Crippen MR) is 209 cm³/mol. The first kappa shape index (κ1) is 40.2. The topological polar surface area (TPSA) is 444 Å². The molecule has 0 aliphatic carbocycles. The van der Waals surface area contributed by atoms with E-state index in [1.165, 1.54) is 0 Å². The van der Waals surface area contributed by atoms with Gasteiger partial charge in [0.25, 0.3) is 0 Å². The first-order valence-corrected chi connectivity index (χ1v) is 18.0. The van der Waals surface area contributed by atoms with Crippen LogP contribution in [0.2, 0.25) is 0 Å². The van der Waals surface area contributed by atoms with Crippen molar-refractivity contribution in [1.29, 1.82) is 0 Å². The first-order chi connectivity index (χ1) is 33.6. The van der Waals surface area contributed by atoms with Gasteiger partial charge in [0.15, 0.2) is 98.5 Å². The smallest absolute Gasteiger partial charge is 0.340 e. The number of rotatable bonds is 11. The maximum absolute atomic E-state index is 14.1. The lowest BCUT2D eigenvalue weighted by Gasteiger charge is -2.43. The van der Waals surface area contributed by atoms with Gasteiger partial charge in [-0.1, -0.05) is 0 Å². The monoisotopic (exact) mass is 945 g/mol. The van der Waals surface area contributed by atoms with Crippen LogP contribution in [0, 0.1) is 0 Å². The van der Waals surface area contributed by atoms with E-state index in [0.29, 0.717) is 30.3 Å². The van der Waals surface area contributed by atoms with Crippen molar-refractivity contribution in [3.8, 4) is 86.2 Å². The number of carbonyl (C=O) groups excluding carboxylic acids is 5. The van der Waals surface area contributed by atoms with E-state index in [-0.39, 0.29) is 0 Å². The molecule has 5 aromatic rings. The van der Waals surface area contributed by atoms with Gasteiger partial charge in [0, 0.05) is 0 Å². The summed E-state index contributed by atoms with van der Waals surface area (Å²) in [6.45, 7) is -1.49.